The Morgan fingerprint density at radius 3 is 2.56 bits per heavy atom. The number of nitrogens with two attached hydrogens (primary N) is 1. The minimum Gasteiger partial charge on any atom is -0.475 e. The van der Waals surface area contributed by atoms with Crippen LogP contribution in [0.4, 0.5) is 5.82 Å². The highest BCUT2D eigenvalue weighted by molar-refractivity contribution is 5.44. The Morgan fingerprint density at radius 2 is 1.94 bits per heavy atom. The Hall–Kier alpha value is -1.36. The maximum Gasteiger partial charge on any atom is 0.221 e. The first kappa shape index (κ1) is 14.7. The molecule has 0 aliphatic heterocycles. The average Bonchev–Trinajstić information content (AvgIpc) is 2.27. The molecule has 0 amide bonds. The van der Waals surface area contributed by atoms with Crippen LogP contribution in [0.3, 0.4) is 0 Å². The van der Waals surface area contributed by atoms with Gasteiger partial charge in [-0.2, -0.15) is 0 Å². The monoisotopic (exact) mass is 253 g/mol. The molecule has 0 radical (unpaired) electrons. The number of aromatic nitrogens is 2. The van der Waals surface area contributed by atoms with E-state index in [1.807, 2.05) is 20.8 Å². The maximum absolute atomic E-state index is 5.82. The molecule has 5 nitrogen and oxygen atoms in total. The van der Waals surface area contributed by atoms with Crippen LogP contribution in [0.5, 0.6) is 5.88 Å². The van der Waals surface area contributed by atoms with E-state index in [1.54, 1.807) is 0 Å². The van der Waals surface area contributed by atoms with Crippen molar-refractivity contribution in [2.45, 2.75) is 46.1 Å². The third-order valence-corrected chi connectivity index (χ3v) is 2.30. The predicted octanol–water partition coefficient (Wildman–Crippen LogP) is 2.21. The van der Waals surface area contributed by atoms with Gasteiger partial charge in [0.25, 0.3) is 0 Å². The molecule has 1 aromatic rings. The van der Waals surface area contributed by atoms with Crippen LogP contribution in [0.2, 0.25) is 0 Å². The Labute approximate surface area is 109 Å². The highest BCUT2D eigenvalue weighted by Crippen LogP contribution is 2.21. The third-order valence-electron chi connectivity index (χ3n) is 2.30. The summed E-state index contributed by atoms with van der Waals surface area (Å²) in [5.74, 6) is 1.07. The maximum atomic E-state index is 5.82. The second-order valence-corrected chi connectivity index (χ2v) is 5.10. The highest BCUT2D eigenvalue weighted by Gasteiger charge is 2.12. The van der Waals surface area contributed by atoms with Crippen LogP contribution in [0, 0.1) is 0 Å². The van der Waals surface area contributed by atoms with Crippen LogP contribution in [0.15, 0.2) is 6.33 Å². The van der Waals surface area contributed by atoms with E-state index in [-0.39, 0.29) is 5.60 Å². The topological polar surface area (TPSA) is 70.3 Å². The Balaban J connectivity index is 2.54. The zero-order valence-electron chi connectivity index (χ0n) is 11.7. The lowest BCUT2D eigenvalue weighted by Gasteiger charge is -2.19. The van der Waals surface area contributed by atoms with Crippen LogP contribution in [0.1, 0.15) is 39.7 Å². The highest BCUT2D eigenvalue weighted by atomic mass is 16.5. The molecule has 0 aliphatic carbocycles. The lowest BCUT2D eigenvalue weighted by molar-refractivity contribution is -0.0169. The van der Waals surface area contributed by atoms with E-state index < -0.39 is 0 Å². The van der Waals surface area contributed by atoms with Crippen LogP contribution < -0.4 is 10.5 Å². The van der Waals surface area contributed by atoms with E-state index in [4.69, 9.17) is 15.2 Å². The van der Waals surface area contributed by atoms with Crippen molar-refractivity contribution in [2.24, 2.45) is 0 Å². The molecule has 1 aromatic heterocycles. The fourth-order valence-corrected chi connectivity index (χ4v) is 1.50. The van der Waals surface area contributed by atoms with Crippen molar-refractivity contribution in [1.29, 1.82) is 0 Å². The number of hydrogen-bond donors (Lipinski definition) is 1. The first-order valence-electron chi connectivity index (χ1n) is 6.30. The predicted molar refractivity (Wildman–Crippen MR) is 71.6 cm³/mol. The molecule has 18 heavy (non-hydrogen) atoms. The van der Waals surface area contributed by atoms with Gasteiger partial charge in [0.15, 0.2) is 0 Å². The SMILES string of the molecule is CCCc1c(N)ncnc1OCCOC(C)(C)C. The minimum absolute atomic E-state index is 0.152. The van der Waals surface area contributed by atoms with Gasteiger partial charge in [-0.05, 0) is 27.2 Å². The molecule has 0 spiro atoms. The fraction of sp³-hybridized carbons (Fsp3) is 0.692. The Morgan fingerprint density at radius 1 is 1.22 bits per heavy atom. The van der Waals surface area contributed by atoms with E-state index in [0.717, 1.165) is 18.4 Å². The molecule has 0 saturated carbocycles. The summed E-state index contributed by atoms with van der Waals surface area (Å²) in [4.78, 5) is 8.10. The van der Waals surface area contributed by atoms with Gasteiger partial charge < -0.3 is 15.2 Å². The van der Waals surface area contributed by atoms with Crippen LogP contribution >= 0.6 is 0 Å². The van der Waals surface area contributed by atoms with Crippen LogP contribution in [0.25, 0.3) is 0 Å². The van der Waals surface area contributed by atoms with Gasteiger partial charge in [0.1, 0.15) is 18.8 Å². The van der Waals surface area contributed by atoms with E-state index in [1.165, 1.54) is 6.33 Å². The van der Waals surface area contributed by atoms with Crippen molar-refractivity contribution in [1.82, 2.24) is 9.97 Å². The Kier molecular flexibility index (Phi) is 5.34. The molecular formula is C13H23N3O2. The van der Waals surface area contributed by atoms with Crippen molar-refractivity contribution in [3.05, 3.63) is 11.9 Å². The largest absolute Gasteiger partial charge is 0.475 e. The van der Waals surface area contributed by atoms with Gasteiger partial charge in [-0.3, -0.25) is 0 Å². The standard InChI is InChI=1S/C13H23N3O2/c1-5-6-10-11(14)15-9-16-12(10)17-7-8-18-13(2,3)4/h9H,5-8H2,1-4H3,(H2,14,15,16). The Bertz CT molecular complexity index is 375. The number of nitrogen functional groups attached to an aromatic ring is 1. The van der Waals surface area contributed by atoms with Crippen LogP contribution in [-0.2, 0) is 11.2 Å². The summed E-state index contributed by atoms with van der Waals surface area (Å²) in [5, 5.41) is 0. The molecule has 0 bridgehead atoms. The fourth-order valence-electron chi connectivity index (χ4n) is 1.50. The molecule has 0 aliphatic rings. The van der Waals surface area contributed by atoms with Gasteiger partial charge >= 0.3 is 0 Å². The lowest BCUT2D eigenvalue weighted by Crippen LogP contribution is -2.22. The zero-order chi connectivity index (χ0) is 13.6. The first-order valence-corrected chi connectivity index (χ1v) is 6.30. The van der Waals surface area contributed by atoms with Crippen molar-refractivity contribution in [2.75, 3.05) is 18.9 Å². The van der Waals surface area contributed by atoms with E-state index in [2.05, 4.69) is 16.9 Å². The smallest absolute Gasteiger partial charge is 0.221 e. The summed E-state index contributed by atoms with van der Waals surface area (Å²) in [6.07, 6.45) is 3.23. The zero-order valence-corrected chi connectivity index (χ0v) is 11.7. The number of ether oxygens (including phenoxy) is 2. The molecule has 0 unspecified atom stereocenters. The molecule has 0 fully saturated rings. The normalized spacial score (nSPS) is 11.6. The number of anilines is 1. The molecule has 102 valence electrons. The molecule has 1 heterocycles. The minimum atomic E-state index is -0.152. The van der Waals surface area contributed by atoms with Gasteiger partial charge in [-0.25, -0.2) is 9.97 Å². The third kappa shape index (κ3) is 4.87. The van der Waals surface area contributed by atoms with Crippen molar-refractivity contribution >= 4 is 5.82 Å². The van der Waals surface area contributed by atoms with Gasteiger partial charge in [0, 0.05) is 0 Å². The second-order valence-electron chi connectivity index (χ2n) is 5.10. The van der Waals surface area contributed by atoms with E-state index in [0.29, 0.717) is 24.9 Å². The summed E-state index contributed by atoms with van der Waals surface area (Å²) in [5.41, 5.74) is 6.55. The second kappa shape index (κ2) is 6.54. The summed E-state index contributed by atoms with van der Waals surface area (Å²) in [6.45, 7) is 9.11. The number of nitrogens with zero attached hydrogens (tertiary/aromatic N) is 2. The van der Waals surface area contributed by atoms with Gasteiger partial charge in [-0.1, -0.05) is 13.3 Å². The average molecular weight is 253 g/mol. The van der Waals surface area contributed by atoms with Crippen molar-refractivity contribution < 1.29 is 9.47 Å². The summed E-state index contributed by atoms with van der Waals surface area (Å²) >= 11 is 0. The molecule has 2 N–H and O–H groups in total. The molecule has 5 heteroatoms. The van der Waals surface area contributed by atoms with E-state index >= 15 is 0 Å². The summed E-state index contributed by atoms with van der Waals surface area (Å²) in [7, 11) is 0. The number of rotatable bonds is 6. The summed E-state index contributed by atoms with van der Waals surface area (Å²) in [6, 6.07) is 0. The lowest BCUT2D eigenvalue weighted by atomic mass is 10.2. The first-order chi connectivity index (χ1) is 8.44. The molecule has 1 rings (SSSR count). The molecule has 0 atom stereocenters. The number of hydrogen-bond acceptors (Lipinski definition) is 5. The molecule has 0 aromatic carbocycles. The molecular weight excluding hydrogens is 230 g/mol. The van der Waals surface area contributed by atoms with Gasteiger partial charge in [0.2, 0.25) is 5.88 Å². The van der Waals surface area contributed by atoms with Crippen molar-refractivity contribution in [3.63, 3.8) is 0 Å². The van der Waals surface area contributed by atoms with Gasteiger partial charge in [-0.15, -0.1) is 0 Å². The molecule has 0 saturated heterocycles. The summed E-state index contributed by atoms with van der Waals surface area (Å²) < 4.78 is 11.2. The van der Waals surface area contributed by atoms with E-state index in [9.17, 15) is 0 Å². The van der Waals surface area contributed by atoms with Gasteiger partial charge in [0.05, 0.1) is 17.8 Å². The van der Waals surface area contributed by atoms with Crippen molar-refractivity contribution in [3.8, 4) is 5.88 Å². The quantitative estimate of drug-likeness (QED) is 0.787. The van der Waals surface area contributed by atoms with Crippen LogP contribution in [-0.4, -0.2) is 28.8 Å².